The van der Waals surface area contributed by atoms with Gasteiger partial charge in [-0.25, -0.2) is 0 Å². The summed E-state index contributed by atoms with van der Waals surface area (Å²) in [6.07, 6.45) is 0.268. The van der Waals surface area contributed by atoms with Crippen LogP contribution >= 0.6 is 22.9 Å². The highest BCUT2D eigenvalue weighted by Gasteiger charge is 2.07. The molecule has 14 heavy (non-hydrogen) atoms. The summed E-state index contributed by atoms with van der Waals surface area (Å²) < 4.78 is 0.939. The van der Waals surface area contributed by atoms with Crippen molar-refractivity contribution in [1.29, 1.82) is 5.26 Å². The lowest BCUT2D eigenvalue weighted by Crippen LogP contribution is -1.82. The number of benzene rings is 1. The fraction of sp³-hybridized carbons (Fsp3) is 0.100. The third kappa shape index (κ3) is 1.43. The first-order valence-electron chi connectivity index (χ1n) is 3.98. The number of rotatable bonds is 1. The van der Waals surface area contributed by atoms with E-state index in [0.29, 0.717) is 5.02 Å². The smallest absolute Gasteiger partial charge is 0.134 e. The van der Waals surface area contributed by atoms with Gasteiger partial charge in [0, 0.05) is 20.5 Å². The van der Waals surface area contributed by atoms with Crippen LogP contribution in [0, 0.1) is 11.3 Å². The second kappa shape index (κ2) is 3.49. The first-order chi connectivity index (χ1) is 6.72. The lowest BCUT2D eigenvalue weighted by molar-refractivity contribution is 0.483. The van der Waals surface area contributed by atoms with Gasteiger partial charge in [0.1, 0.15) is 5.75 Å². The Labute approximate surface area is 90.0 Å². The number of fused-ring (bicyclic) bond motifs is 1. The van der Waals surface area contributed by atoms with Crippen molar-refractivity contribution in [2.45, 2.75) is 6.42 Å². The normalized spacial score (nSPS) is 10.3. The monoisotopic (exact) mass is 223 g/mol. The summed E-state index contributed by atoms with van der Waals surface area (Å²) in [5.41, 5.74) is 0.760. The van der Waals surface area contributed by atoms with Crippen molar-refractivity contribution in [2.24, 2.45) is 0 Å². The lowest BCUT2D eigenvalue weighted by atomic mass is 10.1. The molecule has 0 radical (unpaired) electrons. The molecule has 0 spiro atoms. The maximum atomic E-state index is 9.48. The summed E-state index contributed by atoms with van der Waals surface area (Å²) in [5.74, 6) is 0.251. The predicted octanol–water partition coefficient (Wildman–Crippen LogP) is 3.33. The van der Waals surface area contributed by atoms with Crippen molar-refractivity contribution in [1.82, 2.24) is 0 Å². The largest absolute Gasteiger partial charge is 0.506 e. The molecule has 0 atom stereocenters. The quantitative estimate of drug-likeness (QED) is 0.806. The zero-order valence-corrected chi connectivity index (χ0v) is 8.69. The van der Waals surface area contributed by atoms with E-state index in [1.165, 1.54) is 11.3 Å². The van der Waals surface area contributed by atoms with Gasteiger partial charge in [-0.2, -0.15) is 5.26 Å². The minimum Gasteiger partial charge on any atom is -0.506 e. The summed E-state index contributed by atoms with van der Waals surface area (Å²) in [5, 5.41) is 21.1. The Morgan fingerprint density at radius 2 is 2.29 bits per heavy atom. The number of hydrogen-bond acceptors (Lipinski definition) is 3. The molecule has 4 heteroatoms. The van der Waals surface area contributed by atoms with Crippen molar-refractivity contribution in [3.63, 3.8) is 0 Å². The molecule has 1 aromatic carbocycles. The molecule has 0 aliphatic rings. The summed E-state index contributed by atoms with van der Waals surface area (Å²) in [6, 6.07) is 5.59. The van der Waals surface area contributed by atoms with Crippen LogP contribution in [0.4, 0.5) is 0 Å². The van der Waals surface area contributed by atoms with Gasteiger partial charge in [0.05, 0.1) is 12.5 Å². The van der Waals surface area contributed by atoms with E-state index >= 15 is 0 Å². The van der Waals surface area contributed by atoms with E-state index in [0.717, 1.165) is 15.6 Å². The van der Waals surface area contributed by atoms with Crippen LogP contribution < -0.4 is 0 Å². The molecular formula is C10H6ClNOS. The van der Waals surface area contributed by atoms with Gasteiger partial charge in [0.2, 0.25) is 0 Å². The Kier molecular flexibility index (Phi) is 2.32. The molecule has 0 saturated carbocycles. The molecule has 0 amide bonds. The van der Waals surface area contributed by atoms with Crippen molar-refractivity contribution in [3.8, 4) is 11.8 Å². The molecule has 0 fully saturated rings. The molecule has 2 nitrogen and oxygen atoms in total. The van der Waals surface area contributed by atoms with Gasteiger partial charge in [-0.15, -0.1) is 11.3 Å². The van der Waals surface area contributed by atoms with Crippen LogP contribution in [-0.4, -0.2) is 5.11 Å². The molecule has 0 bridgehead atoms. The predicted molar refractivity (Wildman–Crippen MR) is 57.8 cm³/mol. The van der Waals surface area contributed by atoms with Crippen LogP contribution in [-0.2, 0) is 6.42 Å². The van der Waals surface area contributed by atoms with E-state index in [1.54, 1.807) is 17.5 Å². The summed E-state index contributed by atoms with van der Waals surface area (Å²) >= 11 is 7.40. The molecule has 0 unspecified atom stereocenters. The minimum absolute atomic E-state index is 0.251. The zero-order chi connectivity index (χ0) is 10.1. The number of aromatic hydroxyl groups is 1. The van der Waals surface area contributed by atoms with Gasteiger partial charge in [-0.1, -0.05) is 11.6 Å². The third-order valence-electron chi connectivity index (χ3n) is 1.99. The van der Waals surface area contributed by atoms with Gasteiger partial charge < -0.3 is 5.11 Å². The maximum Gasteiger partial charge on any atom is 0.134 e. The minimum atomic E-state index is 0.251. The van der Waals surface area contributed by atoms with Gasteiger partial charge in [0.15, 0.2) is 0 Å². The van der Waals surface area contributed by atoms with Crippen molar-refractivity contribution in [2.75, 3.05) is 0 Å². The second-order valence-corrected chi connectivity index (χ2v) is 4.21. The fourth-order valence-corrected chi connectivity index (χ4v) is 2.44. The van der Waals surface area contributed by atoms with Crippen LogP contribution in [0.25, 0.3) is 10.1 Å². The average Bonchev–Trinajstić information content (AvgIpc) is 2.49. The highest BCUT2D eigenvalue weighted by Crippen LogP contribution is 2.34. The first kappa shape index (κ1) is 9.32. The van der Waals surface area contributed by atoms with E-state index < -0.39 is 0 Å². The molecule has 0 saturated heterocycles. The Bertz CT molecular complexity index is 527. The number of nitriles is 1. The Balaban J connectivity index is 2.69. The topological polar surface area (TPSA) is 44.0 Å². The standard InChI is InChI=1S/C10H6ClNOS/c11-8-4-10-7(9(13)5-14-10)3-6(8)1-2-12/h3-5,13H,1H2. The van der Waals surface area contributed by atoms with E-state index in [9.17, 15) is 5.11 Å². The molecular weight excluding hydrogens is 218 g/mol. The first-order valence-corrected chi connectivity index (χ1v) is 5.23. The molecule has 70 valence electrons. The summed E-state index contributed by atoms with van der Waals surface area (Å²) in [7, 11) is 0. The maximum absolute atomic E-state index is 9.48. The molecule has 2 aromatic rings. The Morgan fingerprint density at radius 1 is 1.50 bits per heavy atom. The van der Waals surface area contributed by atoms with E-state index in [1.807, 2.05) is 6.07 Å². The Hall–Kier alpha value is -1.24. The van der Waals surface area contributed by atoms with Gasteiger partial charge in [-0.3, -0.25) is 0 Å². The third-order valence-corrected chi connectivity index (χ3v) is 3.28. The summed E-state index contributed by atoms with van der Waals surface area (Å²) in [6.45, 7) is 0. The number of halogens is 1. The van der Waals surface area contributed by atoms with Crippen LogP contribution in [0.5, 0.6) is 5.75 Å². The molecule has 0 aliphatic heterocycles. The molecule has 0 aliphatic carbocycles. The van der Waals surface area contributed by atoms with Crippen molar-refractivity contribution < 1.29 is 5.11 Å². The molecule has 1 N–H and O–H groups in total. The van der Waals surface area contributed by atoms with Gasteiger partial charge >= 0.3 is 0 Å². The molecule has 1 aromatic heterocycles. The Morgan fingerprint density at radius 3 is 3.00 bits per heavy atom. The lowest BCUT2D eigenvalue weighted by Gasteiger charge is -1.99. The zero-order valence-electron chi connectivity index (χ0n) is 7.12. The number of hydrogen-bond donors (Lipinski definition) is 1. The summed E-state index contributed by atoms with van der Waals surface area (Å²) in [4.78, 5) is 0. The second-order valence-electron chi connectivity index (χ2n) is 2.90. The van der Waals surface area contributed by atoms with Crippen molar-refractivity contribution in [3.05, 3.63) is 28.1 Å². The van der Waals surface area contributed by atoms with Crippen LogP contribution in [0.3, 0.4) is 0 Å². The van der Waals surface area contributed by atoms with E-state index in [4.69, 9.17) is 16.9 Å². The molecule has 2 rings (SSSR count). The van der Waals surface area contributed by atoms with Crippen molar-refractivity contribution >= 4 is 33.0 Å². The van der Waals surface area contributed by atoms with E-state index in [-0.39, 0.29) is 12.2 Å². The highest BCUT2D eigenvalue weighted by atomic mass is 35.5. The van der Waals surface area contributed by atoms with Crippen LogP contribution in [0.15, 0.2) is 17.5 Å². The number of nitrogens with zero attached hydrogens (tertiary/aromatic N) is 1. The van der Waals surface area contributed by atoms with Gasteiger partial charge in [-0.05, 0) is 17.7 Å². The van der Waals surface area contributed by atoms with E-state index in [2.05, 4.69) is 0 Å². The highest BCUT2D eigenvalue weighted by molar-refractivity contribution is 7.17. The van der Waals surface area contributed by atoms with Crippen LogP contribution in [0.1, 0.15) is 5.56 Å². The SMILES string of the molecule is N#CCc1cc2c(O)csc2cc1Cl. The number of thiophene rings is 1. The molecule has 1 heterocycles. The average molecular weight is 224 g/mol. The van der Waals surface area contributed by atoms with Crippen LogP contribution in [0.2, 0.25) is 5.02 Å². The van der Waals surface area contributed by atoms with Gasteiger partial charge in [0.25, 0.3) is 0 Å². The fourth-order valence-electron chi connectivity index (χ4n) is 1.30.